The van der Waals surface area contributed by atoms with Gasteiger partial charge in [0.05, 0.1) is 5.70 Å². The number of hydrogen-bond acceptors (Lipinski definition) is 4. The van der Waals surface area contributed by atoms with E-state index in [1.54, 1.807) is 6.92 Å². The normalized spacial score (nSPS) is 37.2. The second-order valence-electron chi connectivity index (χ2n) is 7.96. The number of nitrogens with one attached hydrogen (secondary N) is 2. The fraction of sp³-hybridized carbons (Fsp3) is 0.667. The zero-order chi connectivity index (χ0) is 16.9. The van der Waals surface area contributed by atoms with E-state index >= 15 is 0 Å². The van der Waals surface area contributed by atoms with Crippen LogP contribution in [0.4, 0.5) is 4.39 Å². The van der Waals surface area contributed by atoms with E-state index in [1.807, 2.05) is 0 Å². The fourth-order valence-electron chi connectivity index (χ4n) is 5.46. The highest BCUT2D eigenvalue weighted by atomic mass is 19.1. The van der Waals surface area contributed by atoms with Crippen molar-refractivity contribution in [2.24, 2.45) is 22.7 Å². The van der Waals surface area contributed by atoms with Gasteiger partial charge in [0, 0.05) is 5.54 Å². The number of halogens is 1. The molecule has 5 rings (SSSR count). The second kappa shape index (κ2) is 5.60. The number of carbonyl (C=O) groups is 1. The summed E-state index contributed by atoms with van der Waals surface area (Å²) in [5, 5.41) is 5.90. The number of rotatable bonds is 3. The Morgan fingerprint density at radius 1 is 1.33 bits per heavy atom. The van der Waals surface area contributed by atoms with Crippen LogP contribution in [0.3, 0.4) is 0 Å². The average molecular weight is 333 g/mol. The Bertz CT molecular complexity index is 617. The van der Waals surface area contributed by atoms with Crippen molar-refractivity contribution in [3.63, 3.8) is 0 Å². The Kier molecular flexibility index (Phi) is 3.66. The van der Waals surface area contributed by atoms with Crippen LogP contribution in [0.1, 0.15) is 45.4 Å². The van der Waals surface area contributed by atoms with Crippen molar-refractivity contribution in [1.29, 1.82) is 0 Å². The lowest BCUT2D eigenvalue weighted by molar-refractivity contribution is -0.129. The standard InChI is InChI=1S/C18H24FN3O2/c1-10-16(19)17(21-11(2)20-10)24-9-15(23)22-18-6-12-3-13(7-18)5-14(4-12)8-18/h12-14,20H,2-9H2,1H3,(H,22,23). The second-order valence-corrected chi connectivity index (χ2v) is 7.96. The highest BCUT2D eigenvalue weighted by molar-refractivity contribution is 5.95. The summed E-state index contributed by atoms with van der Waals surface area (Å²) >= 11 is 0. The summed E-state index contributed by atoms with van der Waals surface area (Å²) in [6.07, 6.45) is 7.23. The molecule has 5 nitrogen and oxygen atoms in total. The van der Waals surface area contributed by atoms with Crippen LogP contribution >= 0.6 is 0 Å². The summed E-state index contributed by atoms with van der Waals surface area (Å²) in [4.78, 5) is 16.3. The van der Waals surface area contributed by atoms with E-state index in [1.165, 1.54) is 19.3 Å². The predicted molar refractivity (Wildman–Crippen MR) is 88.5 cm³/mol. The first kappa shape index (κ1) is 15.7. The maximum Gasteiger partial charge on any atom is 0.258 e. The van der Waals surface area contributed by atoms with Crippen molar-refractivity contribution in [2.75, 3.05) is 6.61 Å². The third-order valence-corrected chi connectivity index (χ3v) is 5.87. The first-order valence-corrected chi connectivity index (χ1v) is 8.78. The molecule has 2 N–H and O–H groups in total. The molecule has 0 atom stereocenters. The van der Waals surface area contributed by atoms with Crippen molar-refractivity contribution in [2.45, 2.75) is 51.0 Å². The van der Waals surface area contributed by atoms with Crippen molar-refractivity contribution < 1.29 is 13.9 Å². The number of carbonyl (C=O) groups excluding carboxylic acids is 1. The maximum atomic E-state index is 14.0. The summed E-state index contributed by atoms with van der Waals surface area (Å²) in [5.41, 5.74) is 0.241. The smallest absolute Gasteiger partial charge is 0.258 e. The molecule has 1 heterocycles. The van der Waals surface area contributed by atoms with E-state index in [0.717, 1.165) is 37.0 Å². The van der Waals surface area contributed by atoms with Gasteiger partial charge in [0.1, 0.15) is 5.82 Å². The lowest BCUT2D eigenvalue weighted by Gasteiger charge is -2.56. The number of ether oxygens (including phenoxy) is 1. The lowest BCUT2D eigenvalue weighted by Crippen LogP contribution is -2.60. The van der Waals surface area contributed by atoms with E-state index in [2.05, 4.69) is 22.2 Å². The van der Waals surface area contributed by atoms with Gasteiger partial charge in [0.25, 0.3) is 11.8 Å². The molecule has 0 radical (unpaired) electrons. The first-order chi connectivity index (χ1) is 11.4. The van der Waals surface area contributed by atoms with Crippen molar-refractivity contribution in [3.8, 4) is 0 Å². The van der Waals surface area contributed by atoms with Crippen LogP contribution in [-0.2, 0) is 9.53 Å². The SMILES string of the molecule is C=C1N=C(OCC(=O)NC23CC4CC(CC(C4)C2)C3)C(F)=C(C)N1. The van der Waals surface area contributed by atoms with E-state index in [9.17, 15) is 9.18 Å². The predicted octanol–water partition coefficient (Wildman–Crippen LogP) is 2.76. The van der Waals surface area contributed by atoms with Crippen molar-refractivity contribution in [1.82, 2.24) is 10.6 Å². The fourth-order valence-corrected chi connectivity index (χ4v) is 5.46. The molecule has 1 aliphatic heterocycles. The van der Waals surface area contributed by atoms with Gasteiger partial charge in [-0.1, -0.05) is 6.58 Å². The molecular weight excluding hydrogens is 309 g/mol. The molecule has 0 aromatic carbocycles. The van der Waals surface area contributed by atoms with Crippen LogP contribution in [0, 0.1) is 17.8 Å². The Morgan fingerprint density at radius 2 is 1.92 bits per heavy atom. The van der Waals surface area contributed by atoms with Crippen LogP contribution in [0.2, 0.25) is 0 Å². The summed E-state index contributed by atoms with van der Waals surface area (Å²) in [5.74, 6) is 1.66. The van der Waals surface area contributed by atoms with Crippen LogP contribution in [-0.4, -0.2) is 24.0 Å². The van der Waals surface area contributed by atoms with Crippen molar-refractivity contribution in [3.05, 3.63) is 23.9 Å². The molecule has 5 aliphatic rings. The van der Waals surface area contributed by atoms with E-state index < -0.39 is 5.83 Å². The number of hydrogen-bond donors (Lipinski definition) is 2. The van der Waals surface area contributed by atoms with Gasteiger partial charge >= 0.3 is 0 Å². The zero-order valence-electron chi connectivity index (χ0n) is 14.0. The van der Waals surface area contributed by atoms with Crippen LogP contribution < -0.4 is 10.6 Å². The minimum Gasteiger partial charge on any atom is -0.465 e. The Labute approximate surface area is 141 Å². The zero-order valence-corrected chi connectivity index (χ0v) is 14.0. The first-order valence-electron chi connectivity index (χ1n) is 8.78. The van der Waals surface area contributed by atoms with Gasteiger partial charge in [-0.25, -0.2) is 0 Å². The molecule has 0 saturated heterocycles. The van der Waals surface area contributed by atoms with Crippen LogP contribution in [0.5, 0.6) is 0 Å². The van der Waals surface area contributed by atoms with E-state index in [4.69, 9.17) is 4.74 Å². The monoisotopic (exact) mass is 333 g/mol. The largest absolute Gasteiger partial charge is 0.465 e. The molecule has 1 amide bonds. The average Bonchev–Trinajstić information content (AvgIpc) is 2.47. The quantitative estimate of drug-likeness (QED) is 0.835. The number of amides is 1. The van der Waals surface area contributed by atoms with Gasteiger partial charge in [0.15, 0.2) is 6.61 Å². The molecule has 4 saturated carbocycles. The van der Waals surface area contributed by atoms with Crippen LogP contribution in [0.25, 0.3) is 0 Å². The molecule has 4 aliphatic carbocycles. The lowest BCUT2D eigenvalue weighted by atomic mass is 9.53. The summed E-state index contributed by atoms with van der Waals surface area (Å²) in [6.45, 7) is 5.01. The molecule has 0 aromatic rings. The highest BCUT2D eigenvalue weighted by Gasteiger charge is 2.51. The minimum atomic E-state index is -0.579. The third kappa shape index (κ3) is 2.82. The summed E-state index contributed by atoms with van der Waals surface area (Å²) in [6, 6.07) is 0. The van der Waals surface area contributed by atoms with Gasteiger partial charge < -0.3 is 15.4 Å². The topological polar surface area (TPSA) is 62.7 Å². The number of aliphatic imine (C=N–C) groups is 1. The maximum absolute atomic E-state index is 14.0. The molecule has 6 heteroatoms. The highest BCUT2D eigenvalue weighted by Crippen LogP contribution is 2.55. The number of allylic oxidation sites excluding steroid dienone is 1. The molecule has 0 spiro atoms. The molecule has 24 heavy (non-hydrogen) atoms. The van der Waals surface area contributed by atoms with Crippen molar-refractivity contribution >= 4 is 11.8 Å². The van der Waals surface area contributed by atoms with E-state index in [-0.39, 0.29) is 24.0 Å². The molecule has 130 valence electrons. The van der Waals surface area contributed by atoms with Gasteiger partial charge in [-0.2, -0.15) is 9.38 Å². The van der Waals surface area contributed by atoms with E-state index in [0.29, 0.717) is 11.5 Å². The molecule has 4 bridgehead atoms. The van der Waals surface area contributed by atoms with Gasteiger partial charge in [0.2, 0.25) is 5.83 Å². The third-order valence-electron chi connectivity index (χ3n) is 5.87. The minimum absolute atomic E-state index is 0.0565. The van der Waals surface area contributed by atoms with Gasteiger partial charge in [-0.3, -0.25) is 4.79 Å². The summed E-state index contributed by atoms with van der Waals surface area (Å²) < 4.78 is 19.3. The van der Waals surface area contributed by atoms with Crippen LogP contribution in [0.15, 0.2) is 28.9 Å². The number of nitrogens with zero attached hydrogens (tertiary/aromatic N) is 1. The Hall–Kier alpha value is -1.85. The Balaban J connectivity index is 1.37. The molecule has 0 unspecified atom stereocenters. The molecule has 0 aromatic heterocycles. The Morgan fingerprint density at radius 3 is 2.50 bits per heavy atom. The molecule has 4 fully saturated rings. The molecular formula is C18H24FN3O2. The van der Waals surface area contributed by atoms with Gasteiger partial charge in [-0.15, -0.1) is 0 Å². The summed E-state index contributed by atoms with van der Waals surface area (Å²) in [7, 11) is 0. The van der Waals surface area contributed by atoms with Gasteiger partial charge in [-0.05, 0) is 63.2 Å².